The lowest BCUT2D eigenvalue weighted by atomic mass is 10.3. The number of anilines is 2. The molecule has 1 aromatic carbocycles. The summed E-state index contributed by atoms with van der Waals surface area (Å²) in [6, 6.07) is 9.81. The summed E-state index contributed by atoms with van der Waals surface area (Å²) in [6.07, 6.45) is 0. The summed E-state index contributed by atoms with van der Waals surface area (Å²) < 4.78 is 5.69. The fourth-order valence-electron chi connectivity index (χ4n) is 1.22. The summed E-state index contributed by atoms with van der Waals surface area (Å²) in [5, 5.41) is 5.73. The van der Waals surface area contributed by atoms with E-state index in [-0.39, 0.29) is 0 Å². The van der Waals surface area contributed by atoms with Crippen LogP contribution >= 0.6 is 27.5 Å². The number of amides is 2. The topological polar surface area (TPSA) is 54.3 Å². The van der Waals surface area contributed by atoms with E-state index in [0.717, 1.165) is 0 Å². The molecule has 0 aliphatic carbocycles. The first-order valence-corrected chi connectivity index (χ1v) is 5.89. The molecule has 17 heavy (non-hydrogen) atoms. The number of hydrogen-bond acceptors (Lipinski definition) is 2. The molecule has 4 nitrogen and oxygen atoms in total. The van der Waals surface area contributed by atoms with Gasteiger partial charge in [0.25, 0.3) is 0 Å². The summed E-state index contributed by atoms with van der Waals surface area (Å²) >= 11 is 8.94. The van der Waals surface area contributed by atoms with Crippen LogP contribution in [0.3, 0.4) is 0 Å². The molecule has 1 aromatic heterocycles. The molecule has 2 rings (SSSR count). The number of carbonyl (C=O) groups excluding carboxylic acids is 1. The molecule has 0 bridgehead atoms. The van der Waals surface area contributed by atoms with Crippen molar-refractivity contribution in [1.29, 1.82) is 0 Å². The zero-order chi connectivity index (χ0) is 12.3. The molecule has 0 radical (unpaired) electrons. The van der Waals surface area contributed by atoms with Crippen LogP contribution in [0, 0.1) is 0 Å². The zero-order valence-electron chi connectivity index (χ0n) is 8.54. The number of furan rings is 1. The van der Waals surface area contributed by atoms with Crippen LogP contribution in [-0.2, 0) is 0 Å². The minimum atomic E-state index is -0.394. The van der Waals surface area contributed by atoms with Gasteiger partial charge in [-0.25, -0.2) is 4.79 Å². The van der Waals surface area contributed by atoms with Crippen LogP contribution in [0.2, 0.25) is 5.02 Å². The van der Waals surface area contributed by atoms with Gasteiger partial charge in [0.2, 0.25) is 5.88 Å². The van der Waals surface area contributed by atoms with Crippen molar-refractivity contribution < 1.29 is 9.21 Å². The molecule has 0 atom stereocenters. The predicted octanol–water partition coefficient (Wildman–Crippen LogP) is 4.34. The minimum Gasteiger partial charge on any atom is -0.434 e. The fraction of sp³-hybridized carbons (Fsp3) is 0. The van der Waals surface area contributed by atoms with E-state index in [0.29, 0.717) is 21.3 Å². The van der Waals surface area contributed by atoms with E-state index < -0.39 is 6.03 Å². The smallest absolute Gasteiger partial charge is 0.326 e. The first kappa shape index (κ1) is 12.0. The molecular formula is C11H8BrClN2O2. The van der Waals surface area contributed by atoms with Crippen molar-refractivity contribution in [3.63, 3.8) is 0 Å². The van der Waals surface area contributed by atoms with Crippen LogP contribution in [0.5, 0.6) is 0 Å². The second-order valence-electron chi connectivity index (χ2n) is 3.19. The highest BCUT2D eigenvalue weighted by Crippen LogP contribution is 2.19. The Morgan fingerprint density at radius 3 is 2.71 bits per heavy atom. The Kier molecular flexibility index (Phi) is 3.71. The zero-order valence-corrected chi connectivity index (χ0v) is 10.9. The van der Waals surface area contributed by atoms with Gasteiger partial charge in [0.05, 0.1) is 0 Å². The number of carbonyl (C=O) groups is 1. The third-order valence-corrected chi connectivity index (χ3v) is 2.55. The van der Waals surface area contributed by atoms with E-state index in [1.165, 1.54) is 0 Å². The highest BCUT2D eigenvalue weighted by molar-refractivity contribution is 9.10. The van der Waals surface area contributed by atoms with Gasteiger partial charge in [0, 0.05) is 16.8 Å². The molecule has 0 spiro atoms. The SMILES string of the molecule is O=C(Nc1cccc(Cl)c1)Nc1ccc(Br)o1. The number of hydrogen-bond donors (Lipinski definition) is 2. The number of urea groups is 1. The first-order chi connectivity index (χ1) is 8.13. The summed E-state index contributed by atoms with van der Waals surface area (Å²) in [6.45, 7) is 0. The van der Waals surface area contributed by atoms with Gasteiger partial charge < -0.3 is 9.73 Å². The molecule has 2 aromatic rings. The van der Waals surface area contributed by atoms with Crippen molar-refractivity contribution in [2.45, 2.75) is 0 Å². The molecule has 6 heteroatoms. The molecule has 0 saturated heterocycles. The van der Waals surface area contributed by atoms with Crippen molar-refractivity contribution in [2.75, 3.05) is 10.6 Å². The van der Waals surface area contributed by atoms with Crippen molar-refractivity contribution in [3.8, 4) is 0 Å². The minimum absolute atomic E-state index is 0.358. The molecule has 0 aliphatic heterocycles. The van der Waals surface area contributed by atoms with Crippen LogP contribution in [0.1, 0.15) is 0 Å². The van der Waals surface area contributed by atoms with Crippen LogP contribution in [0.25, 0.3) is 0 Å². The molecular weight excluding hydrogens is 307 g/mol. The molecule has 0 saturated carbocycles. The van der Waals surface area contributed by atoms with Crippen LogP contribution in [0.15, 0.2) is 45.5 Å². The highest BCUT2D eigenvalue weighted by Gasteiger charge is 2.05. The summed E-state index contributed by atoms with van der Waals surface area (Å²) in [5.74, 6) is 0.358. The summed E-state index contributed by atoms with van der Waals surface area (Å²) in [4.78, 5) is 11.6. The van der Waals surface area contributed by atoms with Gasteiger partial charge in [-0.05, 0) is 40.2 Å². The van der Waals surface area contributed by atoms with E-state index in [9.17, 15) is 4.79 Å². The molecule has 0 unspecified atom stereocenters. The quantitative estimate of drug-likeness (QED) is 0.866. The largest absolute Gasteiger partial charge is 0.434 e. The standard InChI is InChI=1S/C11H8BrClN2O2/c12-9-4-5-10(17-9)15-11(16)14-8-3-1-2-7(13)6-8/h1-6H,(H2,14,15,16). The van der Waals surface area contributed by atoms with E-state index in [1.54, 1.807) is 36.4 Å². The van der Waals surface area contributed by atoms with Gasteiger partial charge in [-0.1, -0.05) is 17.7 Å². The predicted molar refractivity (Wildman–Crippen MR) is 70.5 cm³/mol. The third kappa shape index (κ3) is 3.51. The maximum Gasteiger partial charge on any atom is 0.326 e. The second kappa shape index (κ2) is 5.25. The Morgan fingerprint density at radius 2 is 2.06 bits per heavy atom. The molecule has 0 fully saturated rings. The molecule has 88 valence electrons. The average Bonchev–Trinajstić information content (AvgIpc) is 2.63. The fourth-order valence-corrected chi connectivity index (χ4v) is 1.72. The van der Waals surface area contributed by atoms with Crippen molar-refractivity contribution >= 4 is 45.1 Å². The van der Waals surface area contributed by atoms with Crippen molar-refractivity contribution in [3.05, 3.63) is 46.1 Å². The van der Waals surface area contributed by atoms with E-state index in [4.69, 9.17) is 16.0 Å². The molecule has 1 heterocycles. The molecule has 2 N–H and O–H groups in total. The van der Waals surface area contributed by atoms with Gasteiger partial charge >= 0.3 is 6.03 Å². The number of benzene rings is 1. The number of nitrogens with one attached hydrogen (secondary N) is 2. The summed E-state index contributed by atoms with van der Waals surface area (Å²) in [5.41, 5.74) is 0.612. The second-order valence-corrected chi connectivity index (χ2v) is 4.41. The van der Waals surface area contributed by atoms with Crippen LogP contribution < -0.4 is 10.6 Å². The lowest BCUT2D eigenvalue weighted by Crippen LogP contribution is -2.18. The maximum absolute atomic E-state index is 11.6. The molecule has 2 amide bonds. The number of halogens is 2. The van der Waals surface area contributed by atoms with Crippen molar-refractivity contribution in [1.82, 2.24) is 0 Å². The number of rotatable bonds is 2. The van der Waals surface area contributed by atoms with Gasteiger partial charge in [-0.15, -0.1) is 0 Å². The van der Waals surface area contributed by atoms with E-state index in [2.05, 4.69) is 26.6 Å². The lowest BCUT2D eigenvalue weighted by Gasteiger charge is -2.05. The Balaban J connectivity index is 1.98. The molecule has 0 aliphatic rings. The third-order valence-electron chi connectivity index (χ3n) is 1.89. The highest BCUT2D eigenvalue weighted by atomic mass is 79.9. The van der Waals surface area contributed by atoms with Crippen LogP contribution in [0.4, 0.5) is 16.4 Å². The monoisotopic (exact) mass is 314 g/mol. The Labute approximate surface area is 111 Å². The van der Waals surface area contributed by atoms with Crippen molar-refractivity contribution in [2.24, 2.45) is 0 Å². The van der Waals surface area contributed by atoms with Gasteiger partial charge in [-0.3, -0.25) is 5.32 Å². The van der Waals surface area contributed by atoms with E-state index >= 15 is 0 Å². The van der Waals surface area contributed by atoms with Gasteiger partial charge in [-0.2, -0.15) is 0 Å². The lowest BCUT2D eigenvalue weighted by molar-refractivity contribution is 0.261. The Hall–Kier alpha value is -1.46. The Morgan fingerprint density at radius 1 is 1.24 bits per heavy atom. The van der Waals surface area contributed by atoms with Crippen LogP contribution in [-0.4, -0.2) is 6.03 Å². The Bertz CT molecular complexity index is 542. The average molecular weight is 316 g/mol. The summed E-state index contributed by atoms with van der Waals surface area (Å²) in [7, 11) is 0. The van der Waals surface area contributed by atoms with Gasteiger partial charge in [0.1, 0.15) is 0 Å². The maximum atomic E-state index is 11.6. The van der Waals surface area contributed by atoms with E-state index in [1.807, 2.05) is 0 Å². The first-order valence-electron chi connectivity index (χ1n) is 4.72. The normalized spacial score (nSPS) is 10.0. The van der Waals surface area contributed by atoms with Gasteiger partial charge in [0.15, 0.2) is 4.67 Å².